The van der Waals surface area contributed by atoms with Gasteiger partial charge in [-0.1, -0.05) is 55.0 Å². The Bertz CT molecular complexity index is 963. The molecular weight excluding hydrogens is 416 g/mol. The van der Waals surface area contributed by atoms with Crippen molar-refractivity contribution in [2.24, 2.45) is 17.8 Å². The van der Waals surface area contributed by atoms with Crippen LogP contribution in [-0.4, -0.2) is 30.4 Å². The molecule has 6 nitrogen and oxygen atoms in total. The Labute approximate surface area is 195 Å². The molecule has 2 saturated carbocycles. The first kappa shape index (κ1) is 23.0. The van der Waals surface area contributed by atoms with Crippen LogP contribution in [0.1, 0.15) is 61.0 Å². The molecule has 0 aliphatic heterocycles. The number of benzene rings is 2. The van der Waals surface area contributed by atoms with Crippen LogP contribution in [0, 0.1) is 17.8 Å². The van der Waals surface area contributed by atoms with Gasteiger partial charge in [0.1, 0.15) is 0 Å². The van der Waals surface area contributed by atoms with Crippen LogP contribution in [0.2, 0.25) is 0 Å². The molecule has 5 atom stereocenters. The zero-order chi connectivity index (χ0) is 23.2. The van der Waals surface area contributed by atoms with Gasteiger partial charge < -0.3 is 15.4 Å². The standard InChI is InChI=1S/C27H32N2O4/c1-18(23-15-19-12-13-22(23)14-19)28-25(30)17-33-26(31)16-24(20-8-4-2-5-9-20)29-27(32)21-10-6-3-7-11-21/h2-11,18-19,22-24H,12-17H2,1H3,(H,28,30)(H,29,32). The summed E-state index contributed by atoms with van der Waals surface area (Å²) in [6.45, 7) is 1.74. The van der Waals surface area contributed by atoms with Crippen molar-refractivity contribution in [3.05, 3.63) is 71.8 Å². The van der Waals surface area contributed by atoms with E-state index in [9.17, 15) is 14.4 Å². The molecule has 0 spiro atoms. The van der Waals surface area contributed by atoms with Crippen molar-refractivity contribution in [1.29, 1.82) is 0 Å². The van der Waals surface area contributed by atoms with Crippen LogP contribution in [0.3, 0.4) is 0 Å². The van der Waals surface area contributed by atoms with Crippen molar-refractivity contribution in [3.63, 3.8) is 0 Å². The smallest absolute Gasteiger partial charge is 0.308 e. The van der Waals surface area contributed by atoms with Crippen LogP contribution >= 0.6 is 0 Å². The van der Waals surface area contributed by atoms with E-state index >= 15 is 0 Å². The lowest BCUT2D eigenvalue weighted by atomic mass is 9.84. The highest BCUT2D eigenvalue weighted by atomic mass is 16.5. The third kappa shape index (κ3) is 6.01. The summed E-state index contributed by atoms with van der Waals surface area (Å²) in [7, 11) is 0. The minimum Gasteiger partial charge on any atom is -0.456 e. The highest BCUT2D eigenvalue weighted by Crippen LogP contribution is 2.49. The van der Waals surface area contributed by atoms with E-state index in [2.05, 4.69) is 17.6 Å². The summed E-state index contributed by atoms with van der Waals surface area (Å²) >= 11 is 0. The van der Waals surface area contributed by atoms with E-state index in [0.717, 1.165) is 11.5 Å². The lowest BCUT2D eigenvalue weighted by Crippen LogP contribution is -2.42. The first-order valence-electron chi connectivity index (χ1n) is 11.9. The number of esters is 1. The Morgan fingerprint density at radius 1 is 0.939 bits per heavy atom. The SMILES string of the molecule is CC(NC(=O)COC(=O)CC(NC(=O)c1ccccc1)c1ccccc1)C1CC2CCC1C2. The number of carbonyl (C=O) groups excluding carboxylic acids is 3. The summed E-state index contributed by atoms with van der Waals surface area (Å²) in [5.41, 5.74) is 1.31. The van der Waals surface area contributed by atoms with Gasteiger partial charge in [-0.05, 0) is 61.6 Å². The number of amides is 2. The number of hydrogen-bond donors (Lipinski definition) is 2. The molecule has 2 aliphatic carbocycles. The summed E-state index contributed by atoms with van der Waals surface area (Å²) < 4.78 is 5.27. The van der Waals surface area contributed by atoms with Crippen LogP contribution in [0.15, 0.2) is 60.7 Å². The molecule has 174 valence electrons. The summed E-state index contributed by atoms with van der Waals surface area (Å²) in [6, 6.07) is 17.7. The average Bonchev–Trinajstić information content (AvgIpc) is 3.47. The third-order valence-electron chi connectivity index (χ3n) is 7.10. The van der Waals surface area contributed by atoms with Gasteiger partial charge in [-0.3, -0.25) is 14.4 Å². The molecule has 6 heteroatoms. The van der Waals surface area contributed by atoms with Gasteiger partial charge in [0.15, 0.2) is 6.61 Å². The van der Waals surface area contributed by atoms with Crippen LogP contribution in [0.4, 0.5) is 0 Å². The fourth-order valence-electron chi connectivity index (χ4n) is 5.45. The van der Waals surface area contributed by atoms with Crippen molar-refractivity contribution in [1.82, 2.24) is 10.6 Å². The van der Waals surface area contributed by atoms with Crippen molar-refractivity contribution in [2.45, 2.75) is 51.1 Å². The normalized spacial score (nSPS) is 22.9. The minimum atomic E-state index is -0.553. The Morgan fingerprint density at radius 3 is 2.27 bits per heavy atom. The number of carbonyl (C=O) groups is 3. The predicted molar refractivity (Wildman–Crippen MR) is 125 cm³/mol. The molecule has 0 heterocycles. The fraction of sp³-hybridized carbons (Fsp3) is 0.444. The number of ether oxygens (including phenoxy) is 1. The number of hydrogen-bond acceptors (Lipinski definition) is 4. The second kappa shape index (κ2) is 10.6. The monoisotopic (exact) mass is 448 g/mol. The quantitative estimate of drug-likeness (QED) is 0.567. The topological polar surface area (TPSA) is 84.5 Å². The molecule has 33 heavy (non-hydrogen) atoms. The maximum absolute atomic E-state index is 12.7. The summed E-state index contributed by atoms with van der Waals surface area (Å²) in [6.07, 6.45) is 5.00. The molecule has 2 N–H and O–H groups in total. The van der Waals surface area contributed by atoms with Crippen molar-refractivity contribution >= 4 is 17.8 Å². The Balaban J connectivity index is 1.29. The average molecular weight is 449 g/mol. The van der Waals surface area contributed by atoms with Crippen LogP contribution in [0.5, 0.6) is 0 Å². The second-order valence-electron chi connectivity index (χ2n) is 9.36. The molecule has 2 aromatic rings. The molecule has 5 unspecified atom stereocenters. The summed E-state index contributed by atoms with van der Waals surface area (Å²) in [5.74, 6) is 0.989. The second-order valence-corrected chi connectivity index (χ2v) is 9.36. The maximum atomic E-state index is 12.7. The van der Waals surface area contributed by atoms with Gasteiger partial charge in [0.05, 0.1) is 12.5 Å². The van der Waals surface area contributed by atoms with E-state index < -0.39 is 12.0 Å². The third-order valence-corrected chi connectivity index (χ3v) is 7.10. The van der Waals surface area contributed by atoms with E-state index in [1.807, 2.05) is 36.4 Å². The predicted octanol–water partition coefficient (Wildman–Crippen LogP) is 4.03. The van der Waals surface area contributed by atoms with E-state index in [0.29, 0.717) is 17.4 Å². The van der Waals surface area contributed by atoms with Gasteiger partial charge in [-0.15, -0.1) is 0 Å². The fourth-order valence-corrected chi connectivity index (χ4v) is 5.45. The largest absolute Gasteiger partial charge is 0.456 e. The lowest BCUT2D eigenvalue weighted by Gasteiger charge is -2.28. The Hall–Kier alpha value is -3.15. The number of fused-ring (bicyclic) bond motifs is 2. The molecular formula is C27H32N2O4. The van der Waals surface area contributed by atoms with Gasteiger partial charge in [0.2, 0.25) is 0 Å². The molecule has 2 amide bonds. The van der Waals surface area contributed by atoms with Gasteiger partial charge in [-0.2, -0.15) is 0 Å². The first-order valence-corrected chi connectivity index (χ1v) is 11.9. The van der Waals surface area contributed by atoms with Crippen molar-refractivity contribution in [2.75, 3.05) is 6.61 Å². The first-order chi connectivity index (χ1) is 16.0. The summed E-state index contributed by atoms with van der Waals surface area (Å²) in [5, 5.41) is 5.93. The zero-order valence-corrected chi connectivity index (χ0v) is 19.0. The molecule has 0 aromatic heterocycles. The molecule has 2 bridgehead atoms. The highest BCUT2D eigenvalue weighted by molar-refractivity contribution is 5.94. The molecule has 0 radical (unpaired) electrons. The van der Waals surface area contributed by atoms with Crippen LogP contribution < -0.4 is 10.6 Å². The molecule has 2 aliphatic rings. The number of rotatable bonds is 9. The van der Waals surface area contributed by atoms with Gasteiger partial charge in [-0.25, -0.2) is 0 Å². The minimum absolute atomic E-state index is 0.0577. The van der Waals surface area contributed by atoms with E-state index in [4.69, 9.17) is 4.74 Å². The van der Waals surface area contributed by atoms with E-state index in [-0.39, 0.29) is 30.9 Å². The summed E-state index contributed by atoms with van der Waals surface area (Å²) in [4.78, 5) is 37.6. The molecule has 4 rings (SSSR count). The highest BCUT2D eigenvalue weighted by Gasteiger charge is 2.42. The molecule has 0 saturated heterocycles. The Kier molecular flexibility index (Phi) is 7.43. The molecule has 2 fully saturated rings. The molecule has 2 aromatic carbocycles. The Morgan fingerprint density at radius 2 is 1.64 bits per heavy atom. The van der Waals surface area contributed by atoms with Crippen LogP contribution in [0.25, 0.3) is 0 Å². The number of nitrogens with one attached hydrogen (secondary N) is 2. The van der Waals surface area contributed by atoms with Gasteiger partial charge in [0, 0.05) is 11.6 Å². The van der Waals surface area contributed by atoms with E-state index in [1.54, 1.807) is 24.3 Å². The van der Waals surface area contributed by atoms with Crippen LogP contribution in [-0.2, 0) is 14.3 Å². The zero-order valence-electron chi connectivity index (χ0n) is 19.0. The van der Waals surface area contributed by atoms with Gasteiger partial charge >= 0.3 is 5.97 Å². The lowest BCUT2D eigenvalue weighted by molar-refractivity contribution is -0.149. The van der Waals surface area contributed by atoms with Gasteiger partial charge in [0.25, 0.3) is 11.8 Å². The maximum Gasteiger partial charge on any atom is 0.308 e. The van der Waals surface area contributed by atoms with Crippen molar-refractivity contribution < 1.29 is 19.1 Å². The van der Waals surface area contributed by atoms with Crippen molar-refractivity contribution in [3.8, 4) is 0 Å². The van der Waals surface area contributed by atoms with E-state index in [1.165, 1.54) is 25.7 Å².